The molecule has 1 aliphatic rings. The molecule has 8 heteroatoms. The van der Waals surface area contributed by atoms with Crippen molar-refractivity contribution in [2.24, 2.45) is 11.8 Å². The summed E-state index contributed by atoms with van der Waals surface area (Å²) in [5, 5.41) is 10.8. The third kappa shape index (κ3) is 6.72. The standard InChI is InChI=1S/C17H27N3O4S/c1-14-9-15(2)12-19(11-14)8-4-7-18-25(23,24)13-16-5-3-6-17(10-16)20(21)22/h3,5-6,10,14-15,18H,4,7-9,11-13H2,1-2H3. The van der Waals surface area contributed by atoms with E-state index in [0.29, 0.717) is 23.9 Å². The highest BCUT2D eigenvalue weighted by Gasteiger charge is 2.21. The second kappa shape index (κ2) is 8.73. The van der Waals surface area contributed by atoms with Crippen molar-refractivity contribution in [2.75, 3.05) is 26.2 Å². The lowest BCUT2D eigenvalue weighted by atomic mass is 9.92. The maximum Gasteiger partial charge on any atom is 0.269 e. The van der Waals surface area contributed by atoms with E-state index in [1.54, 1.807) is 6.07 Å². The Morgan fingerprint density at radius 2 is 1.96 bits per heavy atom. The average Bonchev–Trinajstić information content (AvgIpc) is 2.50. The summed E-state index contributed by atoms with van der Waals surface area (Å²) >= 11 is 0. The van der Waals surface area contributed by atoms with Gasteiger partial charge in [-0.15, -0.1) is 0 Å². The smallest absolute Gasteiger partial charge is 0.269 e. The second-order valence-corrected chi connectivity index (χ2v) is 8.95. The van der Waals surface area contributed by atoms with E-state index in [1.165, 1.54) is 24.6 Å². The second-order valence-electron chi connectivity index (χ2n) is 7.14. The number of nitrogens with one attached hydrogen (secondary N) is 1. The number of hydrogen-bond acceptors (Lipinski definition) is 5. The fourth-order valence-corrected chi connectivity index (χ4v) is 4.71. The highest BCUT2D eigenvalue weighted by Crippen LogP contribution is 2.20. The van der Waals surface area contributed by atoms with Crippen molar-refractivity contribution in [1.29, 1.82) is 0 Å². The van der Waals surface area contributed by atoms with Crippen molar-refractivity contribution in [3.8, 4) is 0 Å². The van der Waals surface area contributed by atoms with E-state index in [4.69, 9.17) is 0 Å². The number of rotatable bonds is 8. The molecule has 1 aromatic carbocycles. The van der Waals surface area contributed by atoms with Gasteiger partial charge in [0, 0.05) is 31.8 Å². The number of nitrogens with zero attached hydrogens (tertiary/aromatic N) is 2. The molecule has 2 atom stereocenters. The van der Waals surface area contributed by atoms with Gasteiger partial charge in [0.25, 0.3) is 5.69 Å². The molecule has 0 amide bonds. The maximum atomic E-state index is 12.1. The third-order valence-electron chi connectivity index (χ3n) is 4.40. The predicted molar refractivity (Wildman–Crippen MR) is 97.7 cm³/mol. The topological polar surface area (TPSA) is 92.6 Å². The molecule has 1 N–H and O–H groups in total. The van der Waals surface area contributed by atoms with Crippen molar-refractivity contribution in [2.45, 2.75) is 32.4 Å². The van der Waals surface area contributed by atoms with E-state index in [-0.39, 0.29) is 11.4 Å². The number of nitro benzene ring substituents is 1. The summed E-state index contributed by atoms with van der Waals surface area (Å²) in [4.78, 5) is 12.6. The van der Waals surface area contributed by atoms with Gasteiger partial charge in [0.05, 0.1) is 10.7 Å². The lowest BCUT2D eigenvalue weighted by molar-refractivity contribution is -0.384. The van der Waals surface area contributed by atoms with Crippen molar-refractivity contribution in [3.05, 3.63) is 39.9 Å². The summed E-state index contributed by atoms with van der Waals surface area (Å²) in [6.45, 7) is 7.93. The fraction of sp³-hybridized carbons (Fsp3) is 0.647. The Kier molecular flexibility index (Phi) is 6.92. The van der Waals surface area contributed by atoms with Gasteiger partial charge in [0.1, 0.15) is 0 Å². The van der Waals surface area contributed by atoms with Gasteiger partial charge in [-0.2, -0.15) is 0 Å². The highest BCUT2D eigenvalue weighted by atomic mass is 32.2. The van der Waals surface area contributed by atoms with Crippen molar-refractivity contribution < 1.29 is 13.3 Å². The lowest BCUT2D eigenvalue weighted by Crippen LogP contribution is -2.40. The summed E-state index contributed by atoms with van der Waals surface area (Å²) in [5.41, 5.74) is 0.321. The van der Waals surface area contributed by atoms with Gasteiger partial charge < -0.3 is 4.90 Å². The van der Waals surface area contributed by atoms with Gasteiger partial charge in [-0.1, -0.05) is 26.0 Å². The van der Waals surface area contributed by atoms with Crippen LogP contribution >= 0.6 is 0 Å². The molecule has 0 spiro atoms. The van der Waals surface area contributed by atoms with Crippen LogP contribution in [-0.2, 0) is 15.8 Å². The molecule has 2 rings (SSSR count). The van der Waals surface area contributed by atoms with Crippen LogP contribution in [0.25, 0.3) is 0 Å². The molecule has 1 saturated heterocycles. The normalized spacial score (nSPS) is 22.0. The molecule has 1 aromatic rings. The summed E-state index contributed by atoms with van der Waals surface area (Å²) in [6.07, 6.45) is 2.01. The molecule has 25 heavy (non-hydrogen) atoms. The first-order valence-electron chi connectivity index (χ1n) is 8.68. The van der Waals surface area contributed by atoms with E-state index in [2.05, 4.69) is 23.5 Å². The molecule has 1 fully saturated rings. The van der Waals surface area contributed by atoms with Crippen LogP contribution in [0.15, 0.2) is 24.3 Å². The van der Waals surface area contributed by atoms with E-state index in [1.807, 2.05) is 0 Å². The van der Waals surface area contributed by atoms with Crippen LogP contribution < -0.4 is 4.72 Å². The van der Waals surface area contributed by atoms with E-state index < -0.39 is 14.9 Å². The van der Waals surface area contributed by atoms with Crippen LogP contribution in [0.4, 0.5) is 5.69 Å². The van der Waals surface area contributed by atoms with Crippen LogP contribution in [0.5, 0.6) is 0 Å². The molecule has 1 heterocycles. The van der Waals surface area contributed by atoms with Crippen LogP contribution in [0.1, 0.15) is 32.3 Å². The van der Waals surface area contributed by atoms with Crippen molar-refractivity contribution >= 4 is 15.7 Å². The Hall–Kier alpha value is -1.51. The number of nitro groups is 1. The molecule has 0 saturated carbocycles. The zero-order valence-electron chi connectivity index (χ0n) is 14.8. The minimum Gasteiger partial charge on any atom is -0.303 e. The van der Waals surface area contributed by atoms with E-state index in [0.717, 1.165) is 26.1 Å². The molecule has 2 unspecified atom stereocenters. The molecule has 1 aliphatic heterocycles. The summed E-state index contributed by atoms with van der Waals surface area (Å²) in [6, 6.07) is 5.74. The molecule has 0 aromatic heterocycles. The maximum absolute atomic E-state index is 12.1. The fourth-order valence-electron chi connectivity index (χ4n) is 3.54. The molecular formula is C17H27N3O4S. The largest absolute Gasteiger partial charge is 0.303 e. The Labute approximate surface area is 149 Å². The van der Waals surface area contributed by atoms with E-state index >= 15 is 0 Å². The average molecular weight is 369 g/mol. The minimum absolute atomic E-state index is 0.0963. The number of non-ortho nitro benzene ring substituents is 1. The first-order valence-corrected chi connectivity index (χ1v) is 10.3. The molecule has 0 radical (unpaired) electrons. The molecule has 0 aliphatic carbocycles. The monoisotopic (exact) mass is 369 g/mol. The highest BCUT2D eigenvalue weighted by molar-refractivity contribution is 7.88. The first kappa shape index (κ1) is 19.8. The zero-order valence-corrected chi connectivity index (χ0v) is 15.7. The van der Waals surface area contributed by atoms with Gasteiger partial charge in [0.2, 0.25) is 10.0 Å². The Balaban J connectivity index is 1.78. The summed E-state index contributed by atoms with van der Waals surface area (Å²) < 4.78 is 26.9. The Morgan fingerprint density at radius 1 is 1.28 bits per heavy atom. The number of benzene rings is 1. The SMILES string of the molecule is CC1CC(C)CN(CCCNS(=O)(=O)Cc2cccc([N+](=O)[O-])c2)C1. The van der Waals surface area contributed by atoms with Gasteiger partial charge in [0.15, 0.2) is 0 Å². The molecular weight excluding hydrogens is 342 g/mol. The van der Waals surface area contributed by atoms with Gasteiger partial charge in [-0.05, 0) is 36.8 Å². The van der Waals surface area contributed by atoms with Crippen molar-refractivity contribution in [1.82, 2.24) is 9.62 Å². The van der Waals surface area contributed by atoms with Gasteiger partial charge >= 0.3 is 0 Å². The van der Waals surface area contributed by atoms with Crippen LogP contribution in [0.2, 0.25) is 0 Å². The van der Waals surface area contributed by atoms with E-state index in [9.17, 15) is 18.5 Å². The number of sulfonamides is 1. The predicted octanol–water partition coefficient (Wildman–Crippen LogP) is 2.38. The molecule has 0 bridgehead atoms. The minimum atomic E-state index is -3.49. The third-order valence-corrected chi connectivity index (χ3v) is 5.75. The lowest BCUT2D eigenvalue weighted by Gasteiger charge is -2.34. The number of hydrogen-bond donors (Lipinski definition) is 1. The molecule has 140 valence electrons. The van der Waals surface area contributed by atoms with Crippen LogP contribution in [0, 0.1) is 22.0 Å². The number of piperidine rings is 1. The van der Waals surface area contributed by atoms with Gasteiger partial charge in [-0.3, -0.25) is 10.1 Å². The number of likely N-dealkylation sites (tertiary alicyclic amines) is 1. The van der Waals surface area contributed by atoms with Crippen LogP contribution in [0.3, 0.4) is 0 Å². The van der Waals surface area contributed by atoms with Gasteiger partial charge in [-0.25, -0.2) is 13.1 Å². The molecule has 7 nitrogen and oxygen atoms in total. The zero-order chi connectivity index (χ0) is 18.4. The van der Waals surface area contributed by atoms with Crippen molar-refractivity contribution in [3.63, 3.8) is 0 Å². The summed E-state index contributed by atoms with van der Waals surface area (Å²) in [7, 11) is -3.49. The van der Waals surface area contributed by atoms with Crippen LogP contribution in [-0.4, -0.2) is 44.4 Å². The quantitative estimate of drug-likeness (QED) is 0.431. The summed E-state index contributed by atoms with van der Waals surface area (Å²) in [5.74, 6) is 1.13. The Bertz CT molecular complexity index is 683. The first-order chi connectivity index (χ1) is 11.7. The Morgan fingerprint density at radius 3 is 2.60 bits per heavy atom.